The number of ether oxygens (including phenoxy) is 2. The van der Waals surface area contributed by atoms with E-state index in [1.54, 1.807) is 22.7 Å². The number of anilines is 1. The van der Waals surface area contributed by atoms with Crippen LogP contribution in [-0.2, 0) is 0 Å². The number of benzene rings is 2. The van der Waals surface area contributed by atoms with Crippen molar-refractivity contribution in [3.8, 4) is 22.1 Å². The molecule has 0 radical (unpaired) electrons. The van der Waals surface area contributed by atoms with Crippen LogP contribution >= 0.6 is 23.6 Å². The van der Waals surface area contributed by atoms with E-state index in [-0.39, 0.29) is 11.0 Å². The maximum atomic E-state index is 12.6. The number of nitrogens with zero attached hydrogens (tertiary/aromatic N) is 4. The Hall–Kier alpha value is -3.57. The Labute approximate surface area is 187 Å². The molecule has 4 rings (SSSR count). The molecule has 2 heterocycles. The lowest BCUT2D eigenvalue weighted by Gasteiger charge is -2.13. The molecule has 0 spiro atoms. The number of para-hydroxylation sites is 1. The number of aryl methyl sites for hydroxylation is 1. The fourth-order valence-electron chi connectivity index (χ4n) is 2.91. The van der Waals surface area contributed by atoms with Gasteiger partial charge in [-0.2, -0.15) is 9.61 Å². The van der Waals surface area contributed by atoms with Gasteiger partial charge in [-0.25, -0.2) is 0 Å². The molecule has 0 unspecified atom stereocenters. The highest BCUT2D eigenvalue weighted by Crippen LogP contribution is 2.31. The number of aromatic nitrogens is 4. The van der Waals surface area contributed by atoms with Crippen LogP contribution in [0.1, 0.15) is 16.2 Å². The number of rotatable bonds is 5. The smallest absolute Gasteiger partial charge is 0.257 e. The first-order valence-corrected chi connectivity index (χ1v) is 10.3. The molecule has 0 fully saturated rings. The molecule has 1 amide bonds. The lowest BCUT2D eigenvalue weighted by molar-refractivity contribution is 0.0977. The molecule has 4 aromatic rings. The summed E-state index contributed by atoms with van der Waals surface area (Å²) in [7, 11) is 3.04. The van der Waals surface area contributed by atoms with Crippen LogP contribution in [0.5, 0.6) is 11.5 Å². The molecule has 0 aliphatic rings. The van der Waals surface area contributed by atoms with Gasteiger partial charge in [-0.1, -0.05) is 23.5 Å². The summed E-state index contributed by atoms with van der Waals surface area (Å²) in [5.41, 5.74) is 1.93. The molecule has 0 atom stereocenters. The highest BCUT2D eigenvalue weighted by molar-refractivity contribution is 7.80. The average Bonchev–Trinajstić information content (AvgIpc) is 3.35. The van der Waals surface area contributed by atoms with Gasteiger partial charge in [0.05, 0.1) is 19.9 Å². The quantitative estimate of drug-likeness (QED) is 0.443. The molecule has 2 aromatic carbocycles. The third-order valence-electron chi connectivity index (χ3n) is 4.43. The van der Waals surface area contributed by atoms with Crippen LogP contribution in [0, 0.1) is 6.92 Å². The first kappa shape index (κ1) is 20.7. The standard InChI is InChI=1S/C20H18N6O3S2/c1-11-23-24-20-26(11)25-18(31-20)13-6-4-5-7-14(13)21-19(30)22-17(27)12-8-9-15(28-2)16(10-12)29-3/h4-10H,1-3H3,(H2,21,22,27,30). The number of fused-ring (bicyclic) bond motifs is 1. The number of hydrogen-bond donors (Lipinski definition) is 2. The summed E-state index contributed by atoms with van der Waals surface area (Å²) in [6.45, 7) is 1.84. The Bertz CT molecular complexity index is 1280. The number of nitrogens with one attached hydrogen (secondary N) is 2. The van der Waals surface area contributed by atoms with Gasteiger partial charge in [0.15, 0.2) is 22.4 Å². The van der Waals surface area contributed by atoms with E-state index in [2.05, 4.69) is 25.9 Å². The molecule has 11 heteroatoms. The molecule has 2 N–H and O–H groups in total. The van der Waals surface area contributed by atoms with Crippen LogP contribution in [0.4, 0.5) is 5.69 Å². The van der Waals surface area contributed by atoms with Gasteiger partial charge >= 0.3 is 0 Å². The third-order valence-corrected chi connectivity index (χ3v) is 5.56. The normalized spacial score (nSPS) is 10.7. The van der Waals surface area contributed by atoms with Crippen LogP contribution in [0.2, 0.25) is 0 Å². The largest absolute Gasteiger partial charge is 0.493 e. The SMILES string of the molecule is COc1ccc(C(=O)NC(=S)Nc2ccccc2-c2nn3c(C)nnc3s2)cc1OC. The van der Waals surface area contributed by atoms with E-state index in [0.29, 0.717) is 33.5 Å². The number of carbonyl (C=O) groups is 1. The first-order valence-electron chi connectivity index (χ1n) is 9.12. The minimum atomic E-state index is -0.370. The van der Waals surface area contributed by atoms with Crippen LogP contribution < -0.4 is 20.1 Å². The predicted octanol–water partition coefficient (Wildman–Crippen LogP) is 3.31. The van der Waals surface area contributed by atoms with Crippen LogP contribution in [-0.4, -0.2) is 45.1 Å². The minimum absolute atomic E-state index is 0.159. The fraction of sp³-hybridized carbons (Fsp3) is 0.150. The van der Waals surface area contributed by atoms with Crippen molar-refractivity contribution in [3.05, 3.63) is 53.9 Å². The van der Waals surface area contributed by atoms with E-state index >= 15 is 0 Å². The lowest BCUT2D eigenvalue weighted by atomic mass is 10.2. The topological polar surface area (TPSA) is 103 Å². The predicted molar refractivity (Wildman–Crippen MR) is 122 cm³/mol. The summed E-state index contributed by atoms with van der Waals surface area (Å²) in [6, 6.07) is 12.4. The fourth-order valence-corrected chi connectivity index (χ4v) is 4.04. The van der Waals surface area contributed by atoms with Crippen molar-refractivity contribution in [2.24, 2.45) is 0 Å². The molecule has 0 aliphatic heterocycles. The molecule has 0 aliphatic carbocycles. The van der Waals surface area contributed by atoms with Crippen LogP contribution in [0.3, 0.4) is 0 Å². The van der Waals surface area contributed by atoms with Gasteiger partial charge in [0.25, 0.3) is 5.91 Å². The maximum Gasteiger partial charge on any atom is 0.257 e. The van der Waals surface area contributed by atoms with E-state index in [1.807, 2.05) is 31.2 Å². The van der Waals surface area contributed by atoms with Gasteiger partial charge in [-0.3, -0.25) is 10.1 Å². The van der Waals surface area contributed by atoms with E-state index in [0.717, 1.165) is 10.6 Å². The first-order chi connectivity index (χ1) is 15.0. The summed E-state index contributed by atoms with van der Waals surface area (Å²) in [5, 5.41) is 19.3. The summed E-state index contributed by atoms with van der Waals surface area (Å²) in [6.07, 6.45) is 0. The van der Waals surface area contributed by atoms with Crippen molar-refractivity contribution < 1.29 is 14.3 Å². The van der Waals surface area contributed by atoms with Crippen molar-refractivity contribution in [3.63, 3.8) is 0 Å². The van der Waals surface area contributed by atoms with Gasteiger partial charge in [-0.05, 0) is 49.5 Å². The Morgan fingerprint density at radius 1 is 1.10 bits per heavy atom. The second-order valence-electron chi connectivity index (χ2n) is 6.37. The van der Waals surface area contributed by atoms with E-state index < -0.39 is 0 Å². The minimum Gasteiger partial charge on any atom is -0.493 e. The zero-order chi connectivity index (χ0) is 22.0. The molecule has 0 bridgehead atoms. The summed E-state index contributed by atoms with van der Waals surface area (Å²) < 4.78 is 12.1. The second kappa shape index (κ2) is 8.66. The van der Waals surface area contributed by atoms with Crippen LogP contribution in [0.25, 0.3) is 15.5 Å². The monoisotopic (exact) mass is 454 g/mol. The van der Waals surface area contributed by atoms with E-state index in [1.165, 1.54) is 25.6 Å². The average molecular weight is 455 g/mol. The van der Waals surface area contributed by atoms with Gasteiger partial charge in [0, 0.05) is 11.1 Å². The molecular formula is C20H18N6O3S2. The highest BCUT2D eigenvalue weighted by Gasteiger charge is 2.16. The van der Waals surface area contributed by atoms with Gasteiger partial charge in [0.1, 0.15) is 5.01 Å². The molecule has 0 saturated carbocycles. The number of amides is 1. The Morgan fingerprint density at radius 2 is 1.87 bits per heavy atom. The lowest BCUT2D eigenvalue weighted by Crippen LogP contribution is -2.34. The Balaban J connectivity index is 1.52. The van der Waals surface area contributed by atoms with E-state index in [4.69, 9.17) is 21.7 Å². The third kappa shape index (κ3) is 4.18. The maximum absolute atomic E-state index is 12.6. The van der Waals surface area contributed by atoms with Crippen molar-refractivity contribution in [1.29, 1.82) is 0 Å². The van der Waals surface area contributed by atoms with Crippen molar-refractivity contribution in [1.82, 2.24) is 25.1 Å². The van der Waals surface area contributed by atoms with E-state index in [9.17, 15) is 4.79 Å². The van der Waals surface area contributed by atoms with Gasteiger partial charge in [0.2, 0.25) is 4.96 Å². The molecule has 0 saturated heterocycles. The summed E-state index contributed by atoms with van der Waals surface area (Å²) in [4.78, 5) is 13.3. The summed E-state index contributed by atoms with van der Waals surface area (Å²) in [5.74, 6) is 1.33. The number of methoxy groups -OCH3 is 2. The Kier molecular flexibility index (Phi) is 5.78. The number of thiocarbonyl (C=S) groups is 1. The molecule has 2 aromatic heterocycles. The zero-order valence-corrected chi connectivity index (χ0v) is 18.5. The van der Waals surface area contributed by atoms with Crippen molar-refractivity contribution in [2.45, 2.75) is 6.92 Å². The van der Waals surface area contributed by atoms with Gasteiger partial charge < -0.3 is 14.8 Å². The van der Waals surface area contributed by atoms with Crippen LogP contribution in [0.15, 0.2) is 42.5 Å². The van der Waals surface area contributed by atoms with Crippen molar-refractivity contribution in [2.75, 3.05) is 19.5 Å². The Morgan fingerprint density at radius 3 is 2.61 bits per heavy atom. The molecule has 9 nitrogen and oxygen atoms in total. The van der Waals surface area contributed by atoms with Crippen molar-refractivity contribution >= 4 is 45.2 Å². The number of hydrogen-bond acceptors (Lipinski definition) is 8. The highest BCUT2D eigenvalue weighted by atomic mass is 32.1. The zero-order valence-electron chi connectivity index (χ0n) is 16.9. The second-order valence-corrected chi connectivity index (χ2v) is 7.74. The molecule has 158 valence electrons. The number of carbonyl (C=O) groups excluding carboxylic acids is 1. The molecule has 31 heavy (non-hydrogen) atoms. The molecular weight excluding hydrogens is 436 g/mol. The van der Waals surface area contributed by atoms with Gasteiger partial charge in [-0.15, -0.1) is 10.2 Å². The summed E-state index contributed by atoms with van der Waals surface area (Å²) >= 11 is 6.77.